The number of nitrogens with one attached hydrogen (secondary N) is 3. The Balaban J connectivity index is 0.748. The number of amides is 4. The lowest BCUT2D eigenvalue weighted by molar-refractivity contribution is -0.134. The van der Waals surface area contributed by atoms with E-state index in [4.69, 9.17) is 14.5 Å². The Morgan fingerprint density at radius 3 is 2.47 bits per heavy atom. The van der Waals surface area contributed by atoms with E-state index in [1.165, 1.54) is 11.3 Å². The van der Waals surface area contributed by atoms with Crippen molar-refractivity contribution in [1.29, 1.82) is 0 Å². The lowest BCUT2D eigenvalue weighted by atomic mass is 9.91. The summed E-state index contributed by atoms with van der Waals surface area (Å²) in [7, 11) is 1.81. The second-order valence-corrected chi connectivity index (χ2v) is 22.0. The van der Waals surface area contributed by atoms with Gasteiger partial charge in [0.05, 0.1) is 40.0 Å². The molecule has 2 fully saturated rings. The molecule has 0 saturated carbocycles. The monoisotopic (exact) mass is 1030 g/mol. The number of aryl methyl sites for hydroxylation is 1. The number of likely N-dealkylation sites (tertiary alicyclic amines) is 1. The number of nitrogens with zero attached hydrogens (tertiary/aromatic N) is 6. The van der Waals surface area contributed by atoms with Crippen molar-refractivity contribution in [3.8, 4) is 16.9 Å². The predicted octanol–water partition coefficient (Wildman–Crippen LogP) is 9.74. The standard InChI is InChI=1S/C58H63N9O7S/c1-34-39(40-21-23-49(61-52(40)56(72)74-58(3,4)5)67-30-27-37-13-9-15-41(44(37)33-67)54(70)63-57-60-45-16-7-8-18-48(45)75-57)14-10-17-47(34)73-31-11-12-36-25-28-66(29-26-36)35(2)53(69)59-38-19-20-42-46(32-38)65(6)64-51(42)43-22-24-50(68)62-55(43)71/h7-10,13-21,23,32,35-36,43H,11-12,22,24-31,33H2,1-6H3,(H,59,69)(H,60,63,70)(H,62,68,71)/t35-,43?/m1/s1. The minimum absolute atomic E-state index is 0.0804. The number of anilines is 3. The van der Waals surface area contributed by atoms with Gasteiger partial charge in [0.2, 0.25) is 17.7 Å². The number of piperidine rings is 2. The van der Waals surface area contributed by atoms with Crippen LogP contribution in [-0.4, -0.2) is 92.1 Å². The van der Waals surface area contributed by atoms with Gasteiger partial charge in [-0.3, -0.25) is 39.4 Å². The molecule has 3 N–H and O–H groups in total. The average molecular weight is 1030 g/mol. The zero-order chi connectivity index (χ0) is 52.5. The maximum atomic E-state index is 14.1. The maximum Gasteiger partial charge on any atom is 0.358 e. The van der Waals surface area contributed by atoms with Crippen LogP contribution in [0.1, 0.15) is 115 Å². The van der Waals surface area contributed by atoms with Crippen molar-refractivity contribution in [3.63, 3.8) is 0 Å². The Kier molecular flexibility index (Phi) is 14.5. The Labute approximate surface area is 440 Å². The summed E-state index contributed by atoms with van der Waals surface area (Å²) in [6, 6.07) is 28.7. The Hall–Kier alpha value is -7.50. The highest BCUT2D eigenvalue weighted by Crippen LogP contribution is 2.37. The molecule has 3 aliphatic heterocycles. The van der Waals surface area contributed by atoms with E-state index in [1.807, 2.05) is 127 Å². The minimum Gasteiger partial charge on any atom is -0.493 e. The molecule has 7 aromatic rings. The molecule has 10 rings (SSSR count). The van der Waals surface area contributed by atoms with E-state index in [0.717, 1.165) is 87.9 Å². The van der Waals surface area contributed by atoms with E-state index in [-0.39, 0.29) is 41.8 Å². The quantitative estimate of drug-likeness (QED) is 0.0532. The van der Waals surface area contributed by atoms with E-state index >= 15 is 0 Å². The van der Waals surface area contributed by atoms with Crippen LogP contribution in [-0.2, 0) is 39.1 Å². The van der Waals surface area contributed by atoms with Gasteiger partial charge in [0.25, 0.3) is 5.91 Å². The Morgan fingerprint density at radius 1 is 0.880 bits per heavy atom. The summed E-state index contributed by atoms with van der Waals surface area (Å²) >= 11 is 1.44. The molecule has 3 aromatic heterocycles. The van der Waals surface area contributed by atoms with Gasteiger partial charge in [-0.15, -0.1) is 0 Å². The molecule has 6 heterocycles. The van der Waals surface area contributed by atoms with Gasteiger partial charge in [-0.25, -0.2) is 14.8 Å². The number of hydrogen-bond acceptors (Lipinski definition) is 13. The fraction of sp³-hybridized carbons (Fsp3) is 0.379. The molecule has 2 saturated heterocycles. The van der Waals surface area contributed by atoms with Crippen molar-refractivity contribution < 1.29 is 33.4 Å². The molecule has 2 atom stereocenters. The molecule has 4 aromatic carbocycles. The number of ether oxygens (including phenoxy) is 2. The first-order valence-corrected chi connectivity index (χ1v) is 26.7. The number of fused-ring (bicyclic) bond motifs is 3. The van der Waals surface area contributed by atoms with Crippen LogP contribution >= 0.6 is 11.3 Å². The summed E-state index contributed by atoms with van der Waals surface area (Å²) in [4.78, 5) is 79.7. The van der Waals surface area contributed by atoms with Gasteiger partial charge in [-0.2, -0.15) is 5.10 Å². The van der Waals surface area contributed by atoms with Crippen molar-refractivity contribution in [1.82, 2.24) is 30.0 Å². The van der Waals surface area contributed by atoms with Crippen LogP contribution in [0.5, 0.6) is 5.75 Å². The number of carbonyl (C=O) groups excluding carboxylic acids is 5. The number of pyridine rings is 1. The number of thiazole rings is 1. The molecule has 3 aliphatic rings. The van der Waals surface area contributed by atoms with E-state index < -0.39 is 17.5 Å². The number of benzene rings is 4. The highest BCUT2D eigenvalue weighted by molar-refractivity contribution is 7.22. The van der Waals surface area contributed by atoms with Crippen LogP contribution in [0.15, 0.2) is 91.0 Å². The fourth-order valence-electron chi connectivity index (χ4n) is 10.6. The molecular formula is C58H63N9O7S. The maximum absolute atomic E-state index is 14.1. The molecule has 1 unspecified atom stereocenters. The summed E-state index contributed by atoms with van der Waals surface area (Å²) < 4.78 is 15.1. The number of aromatic nitrogens is 4. The van der Waals surface area contributed by atoms with Crippen LogP contribution in [0.4, 0.5) is 16.6 Å². The van der Waals surface area contributed by atoms with Gasteiger partial charge in [-0.05, 0) is 169 Å². The Bertz CT molecular complexity index is 3320. The zero-order valence-electron chi connectivity index (χ0n) is 43.3. The molecule has 388 valence electrons. The largest absolute Gasteiger partial charge is 0.493 e. The smallest absolute Gasteiger partial charge is 0.358 e. The third-order valence-electron chi connectivity index (χ3n) is 14.7. The SMILES string of the molecule is Cc1c(OCCCC2CCN([C@H](C)C(=O)Nc3ccc4c(C5CCC(=O)NC5=O)nn(C)c4c3)CC2)cccc1-c1ccc(N2CCc3cccc(C(=O)Nc4nc5ccccc5s4)c3C2)nc1C(=O)OC(C)(C)C. The summed E-state index contributed by atoms with van der Waals surface area (Å²) in [5.41, 5.74) is 7.35. The van der Waals surface area contributed by atoms with Crippen LogP contribution < -0.4 is 25.6 Å². The van der Waals surface area contributed by atoms with Crippen molar-refractivity contribution in [2.24, 2.45) is 13.0 Å². The fourth-order valence-corrected chi connectivity index (χ4v) is 11.5. The molecule has 17 heteroatoms. The summed E-state index contributed by atoms with van der Waals surface area (Å²) in [6.45, 7) is 12.7. The number of imide groups is 1. The summed E-state index contributed by atoms with van der Waals surface area (Å²) in [5.74, 6) is -0.0434. The second-order valence-electron chi connectivity index (χ2n) is 20.9. The minimum atomic E-state index is -0.752. The molecule has 0 spiro atoms. The van der Waals surface area contributed by atoms with Gasteiger partial charge in [0.15, 0.2) is 10.8 Å². The lowest BCUT2D eigenvalue weighted by Gasteiger charge is -2.35. The predicted molar refractivity (Wildman–Crippen MR) is 291 cm³/mol. The van der Waals surface area contributed by atoms with Crippen LogP contribution in [0.25, 0.3) is 32.2 Å². The number of para-hydroxylation sites is 1. The molecule has 75 heavy (non-hydrogen) atoms. The first-order valence-electron chi connectivity index (χ1n) is 25.9. The topological polar surface area (TPSA) is 190 Å². The lowest BCUT2D eigenvalue weighted by Crippen LogP contribution is -2.46. The Morgan fingerprint density at radius 2 is 1.68 bits per heavy atom. The summed E-state index contributed by atoms with van der Waals surface area (Å²) in [5, 5.41) is 14.5. The highest BCUT2D eigenvalue weighted by atomic mass is 32.1. The van der Waals surface area contributed by atoms with Gasteiger partial charge in [0.1, 0.15) is 17.2 Å². The highest BCUT2D eigenvalue weighted by Gasteiger charge is 2.33. The van der Waals surface area contributed by atoms with E-state index in [9.17, 15) is 24.0 Å². The number of hydrogen-bond donors (Lipinski definition) is 3. The third kappa shape index (κ3) is 11.2. The van der Waals surface area contributed by atoms with E-state index in [1.54, 1.807) is 4.68 Å². The van der Waals surface area contributed by atoms with E-state index in [0.29, 0.717) is 71.9 Å². The first kappa shape index (κ1) is 51.0. The zero-order valence-corrected chi connectivity index (χ0v) is 44.1. The number of esters is 1. The van der Waals surface area contributed by atoms with Crippen LogP contribution in [0.3, 0.4) is 0 Å². The average Bonchev–Trinajstić information content (AvgIpc) is 3.98. The summed E-state index contributed by atoms with van der Waals surface area (Å²) in [6.07, 6.45) is 5.23. The normalized spacial score (nSPS) is 16.9. The molecule has 16 nitrogen and oxygen atoms in total. The van der Waals surface area contributed by atoms with Gasteiger partial charge in [0, 0.05) is 48.8 Å². The molecule has 0 bridgehead atoms. The third-order valence-corrected chi connectivity index (χ3v) is 15.7. The van der Waals surface area contributed by atoms with Crippen molar-refractivity contribution in [2.45, 2.75) is 104 Å². The first-order chi connectivity index (χ1) is 36.1. The van der Waals surface area contributed by atoms with Gasteiger partial charge < -0.3 is 19.7 Å². The molecular weight excluding hydrogens is 967 g/mol. The molecule has 0 aliphatic carbocycles. The molecule has 4 amide bonds. The van der Waals surface area contributed by atoms with Crippen LogP contribution in [0, 0.1) is 12.8 Å². The number of carbonyl (C=O) groups is 5. The van der Waals surface area contributed by atoms with E-state index in [2.05, 4.69) is 41.9 Å². The van der Waals surface area contributed by atoms with Gasteiger partial charge >= 0.3 is 5.97 Å². The second kappa shape index (κ2) is 21.4. The van der Waals surface area contributed by atoms with Crippen molar-refractivity contribution in [3.05, 3.63) is 125 Å². The van der Waals surface area contributed by atoms with Crippen molar-refractivity contribution >= 4 is 78.7 Å². The number of rotatable bonds is 14. The van der Waals surface area contributed by atoms with Crippen LogP contribution in [0.2, 0.25) is 0 Å². The molecule has 0 radical (unpaired) electrons. The van der Waals surface area contributed by atoms with Gasteiger partial charge in [-0.1, -0.05) is 47.7 Å². The van der Waals surface area contributed by atoms with Crippen molar-refractivity contribution in [2.75, 3.05) is 41.8 Å².